The normalized spacial score (nSPS) is 15.9. The Morgan fingerprint density at radius 3 is 2.88 bits per heavy atom. The van der Waals surface area contributed by atoms with Gasteiger partial charge in [-0.25, -0.2) is 4.68 Å². The third-order valence-corrected chi connectivity index (χ3v) is 5.55. The van der Waals surface area contributed by atoms with Crippen molar-refractivity contribution in [2.75, 3.05) is 25.5 Å². The number of hydrogen-bond acceptors (Lipinski definition) is 7. The molecule has 0 bridgehead atoms. The molecule has 0 unspecified atom stereocenters. The number of esters is 1. The summed E-state index contributed by atoms with van der Waals surface area (Å²) < 4.78 is 7.42. The van der Waals surface area contributed by atoms with E-state index in [-0.39, 0.29) is 11.9 Å². The Bertz CT molecular complexity index is 794. The molecule has 2 heterocycles. The third-order valence-electron chi connectivity index (χ3n) is 4.33. The minimum Gasteiger partial charge on any atom is -0.469 e. The molecule has 0 saturated carbocycles. The number of benzene rings is 1. The van der Waals surface area contributed by atoms with Gasteiger partial charge in [0.15, 0.2) is 3.95 Å². The maximum Gasteiger partial charge on any atom is 0.308 e. The number of carbonyl (C=O) groups excluding carboxylic acids is 1. The number of aromatic nitrogens is 2. The summed E-state index contributed by atoms with van der Waals surface area (Å²) >= 11 is 6.91. The smallest absolute Gasteiger partial charge is 0.308 e. The molecular weight excluding hydrogens is 356 g/mol. The van der Waals surface area contributed by atoms with Gasteiger partial charge in [0.05, 0.1) is 19.7 Å². The highest BCUT2D eigenvalue weighted by molar-refractivity contribution is 7.73. The molecule has 8 heteroatoms. The zero-order valence-electron chi connectivity index (χ0n) is 14.4. The standard InChI is InChI=1S/C17H22N4O2S2/c1-12-4-3-5-14(10-12)18-16-19-21(17(24)25-16)11-20-8-6-13(7-9-20)15(22)23-2/h3-5,10,13H,6-9,11H2,1-2H3,(H,18,19). The van der Waals surface area contributed by atoms with E-state index in [1.165, 1.54) is 24.0 Å². The lowest BCUT2D eigenvalue weighted by Crippen LogP contribution is -2.38. The van der Waals surface area contributed by atoms with E-state index in [1.54, 1.807) is 0 Å². The fourth-order valence-electron chi connectivity index (χ4n) is 2.96. The first-order valence-corrected chi connectivity index (χ1v) is 9.49. The number of anilines is 2. The second-order valence-electron chi connectivity index (χ2n) is 6.22. The number of likely N-dealkylation sites (tertiary alicyclic amines) is 1. The molecule has 6 nitrogen and oxygen atoms in total. The first-order valence-electron chi connectivity index (χ1n) is 8.27. The van der Waals surface area contributed by atoms with E-state index in [1.807, 2.05) is 16.8 Å². The van der Waals surface area contributed by atoms with Crippen LogP contribution in [-0.4, -0.2) is 40.8 Å². The summed E-state index contributed by atoms with van der Waals surface area (Å²) in [6, 6.07) is 8.16. The van der Waals surface area contributed by atoms with Crippen molar-refractivity contribution in [3.8, 4) is 0 Å². The summed E-state index contributed by atoms with van der Waals surface area (Å²) in [4.78, 5) is 13.9. The van der Waals surface area contributed by atoms with E-state index >= 15 is 0 Å². The molecule has 1 aliphatic heterocycles. The molecule has 0 spiro atoms. The number of nitrogens with zero attached hydrogens (tertiary/aromatic N) is 3. The molecule has 1 aliphatic rings. The number of aryl methyl sites for hydroxylation is 1. The van der Waals surface area contributed by atoms with Crippen molar-refractivity contribution in [1.29, 1.82) is 0 Å². The lowest BCUT2D eigenvalue weighted by molar-refractivity contribution is -0.147. The van der Waals surface area contributed by atoms with Crippen molar-refractivity contribution in [1.82, 2.24) is 14.7 Å². The molecule has 1 fully saturated rings. The lowest BCUT2D eigenvalue weighted by Gasteiger charge is -2.30. The Balaban J connectivity index is 1.60. The fraction of sp³-hybridized carbons (Fsp3) is 0.471. The molecule has 1 N–H and O–H groups in total. The van der Waals surface area contributed by atoms with Crippen LogP contribution in [0.4, 0.5) is 10.8 Å². The highest BCUT2D eigenvalue weighted by atomic mass is 32.1. The molecule has 3 rings (SSSR count). The fourth-order valence-corrected chi connectivity index (χ4v) is 3.97. The van der Waals surface area contributed by atoms with Crippen LogP contribution in [0, 0.1) is 16.8 Å². The van der Waals surface area contributed by atoms with Crippen molar-refractivity contribution in [2.24, 2.45) is 5.92 Å². The average molecular weight is 379 g/mol. The van der Waals surface area contributed by atoms with Gasteiger partial charge < -0.3 is 10.1 Å². The van der Waals surface area contributed by atoms with Crippen molar-refractivity contribution in [3.63, 3.8) is 0 Å². The van der Waals surface area contributed by atoms with Gasteiger partial charge in [-0.05, 0) is 49.7 Å². The van der Waals surface area contributed by atoms with Crippen LogP contribution in [0.5, 0.6) is 0 Å². The Labute approximate surface area is 156 Å². The van der Waals surface area contributed by atoms with Crippen molar-refractivity contribution in [3.05, 3.63) is 33.8 Å². The van der Waals surface area contributed by atoms with E-state index in [0.29, 0.717) is 6.67 Å². The van der Waals surface area contributed by atoms with Crippen LogP contribution in [-0.2, 0) is 16.2 Å². The Hall–Kier alpha value is -1.77. The quantitative estimate of drug-likeness (QED) is 0.634. The van der Waals surface area contributed by atoms with Gasteiger partial charge in [0.1, 0.15) is 0 Å². The lowest BCUT2D eigenvalue weighted by atomic mass is 9.97. The van der Waals surface area contributed by atoms with Gasteiger partial charge in [-0.3, -0.25) is 9.69 Å². The van der Waals surface area contributed by atoms with Gasteiger partial charge in [0, 0.05) is 18.8 Å². The topological polar surface area (TPSA) is 59.4 Å². The van der Waals surface area contributed by atoms with E-state index < -0.39 is 0 Å². The number of methoxy groups -OCH3 is 1. The first-order chi connectivity index (χ1) is 12.0. The molecule has 0 aliphatic carbocycles. The predicted octanol–water partition coefficient (Wildman–Crippen LogP) is 3.57. The van der Waals surface area contributed by atoms with Crippen LogP contribution in [0.1, 0.15) is 18.4 Å². The summed E-state index contributed by atoms with van der Waals surface area (Å²) in [5.41, 5.74) is 2.20. The van der Waals surface area contributed by atoms with Gasteiger partial charge in [0.2, 0.25) is 5.13 Å². The minimum absolute atomic E-state index is 0.0169. The summed E-state index contributed by atoms with van der Waals surface area (Å²) in [5.74, 6) is -0.0854. The summed E-state index contributed by atoms with van der Waals surface area (Å²) in [6.45, 7) is 4.40. The highest BCUT2D eigenvalue weighted by Crippen LogP contribution is 2.23. The maximum atomic E-state index is 11.6. The molecular formula is C17H22N4O2S2. The molecule has 1 saturated heterocycles. The van der Waals surface area contributed by atoms with Crippen LogP contribution < -0.4 is 5.32 Å². The zero-order valence-corrected chi connectivity index (χ0v) is 16.0. The summed E-state index contributed by atoms with van der Waals surface area (Å²) in [5, 5.41) is 8.69. The second-order valence-corrected chi connectivity index (χ2v) is 7.85. The monoisotopic (exact) mass is 378 g/mol. The molecule has 0 amide bonds. The van der Waals surface area contributed by atoms with Crippen molar-refractivity contribution >= 4 is 40.3 Å². The largest absolute Gasteiger partial charge is 0.469 e. The van der Waals surface area contributed by atoms with Gasteiger partial charge >= 0.3 is 5.97 Å². The van der Waals surface area contributed by atoms with Crippen molar-refractivity contribution in [2.45, 2.75) is 26.4 Å². The minimum atomic E-state index is -0.102. The van der Waals surface area contributed by atoms with E-state index in [2.05, 4.69) is 34.4 Å². The molecule has 0 atom stereocenters. The molecule has 0 radical (unpaired) electrons. The first kappa shape index (κ1) is 18.0. The number of rotatable bonds is 5. The summed E-state index contributed by atoms with van der Waals surface area (Å²) in [6.07, 6.45) is 1.64. The average Bonchev–Trinajstić information content (AvgIpc) is 2.94. The number of piperidine rings is 1. The number of ether oxygens (including phenoxy) is 1. The van der Waals surface area contributed by atoms with Crippen LogP contribution >= 0.6 is 23.6 Å². The van der Waals surface area contributed by atoms with Gasteiger partial charge in [-0.15, -0.1) is 5.10 Å². The van der Waals surface area contributed by atoms with Crippen molar-refractivity contribution < 1.29 is 9.53 Å². The molecule has 1 aromatic carbocycles. The van der Waals surface area contributed by atoms with E-state index in [4.69, 9.17) is 17.0 Å². The van der Waals surface area contributed by atoms with E-state index in [9.17, 15) is 4.79 Å². The Morgan fingerprint density at radius 1 is 1.44 bits per heavy atom. The van der Waals surface area contributed by atoms with Crippen LogP contribution in [0.25, 0.3) is 0 Å². The predicted molar refractivity (Wildman–Crippen MR) is 102 cm³/mol. The molecule has 2 aromatic rings. The number of carbonyl (C=O) groups is 1. The second kappa shape index (κ2) is 8.07. The highest BCUT2D eigenvalue weighted by Gasteiger charge is 2.25. The van der Waals surface area contributed by atoms with Crippen LogP contribution in [0.2, 0.25) is 0 Å². The Kier molecular flexibility index (Phi) is 5.82. The van der Waals surface area contributed by atoms with Gasteiger partial charge in [-0.2, -0.15) is 0 Å². The summed E-state index contributed by atoms with van der Waals surface area (Å²) in [7, 11) is 1.45. The van der Waals surface area contributed by atoms with E-state index in [0.717, 1.165) is 40.7 Å². The SMILES string of the molecule is COC(=O)C1CCN(Cn2nc(Nc3cccc(C)c3)sc2=S)CC1. The van der Waals surface area contributed by atoms with Crippen LogP contribution in [0.3, 0.4) is 0 Å². The maximum absolute atomic E-state index is 11.6. The Morgan fingerprint density at radius 2 is 2.20 bits per heavy atom. The van der Waals surface area contributed by atoms with Crippen LogP contribution in [0.15, 0.2) is 24.3 Å². The number of nitrogens with one attached hydrogen (secondary N) is 1. The van der Waals surface area contributed by atoms with Gasteiger partial charge in [-0.1, -0.05) is 23.5 Å². The number of hydrogen-bond donors (Lipinski definition) is 1. The molecule has 25 heavy (non-hydrogen) atoms. The van der Waals surface area contributed by atoms with Gasteiger partial charge in [0.25, 0.3) is 0 Å². The molecule has 1 aromatic heterocycles. The third kappa shape index (κ3) is 4.65. The molecule has 134 valence electrons. The zero-order chi connectivity index (χ0) is 17.8.